The molecule has 0 aliphatic heterocycles. The summed E-state index contributed by atoms with van der Waals surface area (Å²) in [5.41, 5.74) is 9.08. The lowest BCUT2D eigenvalue weighted by Crippen LogP contribution is -2.35. The highest BCUT2D eigenvalue weighted by atomic mass is 19.1. The van der Waals surface area contributed by atoms with E-state index in [1.807, 2.05) is 30.3 Å². The molecule has 33 heavy (non-hydrogen) atoms. The topological polar surface area (TPSA) is 99.9 Å². The van der Waals surface area contributed by atoms with Gasteiger partial charge in [0.15, 0.2) is 5.82 Å². The number of nitrogens with one attached hydrogen (secondary N) is 2. The molecule has 1 amide bonds. The number of hydrogen-bond donors (Lipinski definition) is 3. The summed E-state index contributed by atoms with van der Waals surface area (Å²) in [4.78, 5) is 26.9. The molecule has 4 rings (SSSR count). The van der Waals surface area contributed by atoms with Crippen LogP contribution in [0.1, 0.15) is 24.2 Å². The van der Waals surface area contributed by atoms with Crippen LogP contribution in [0.4, 0.5) is 10.1 Å². The Hall–Kier alpha value is -3.78. The quantitative estimate of drug-likeness (QED) is 0.354. The highest BCUT2D eigenvalue weighted by Gasteiger charge is 2.19. The van der Waals surface area contributed by atoms with Gasteiger partial charge in [-0.3, -0.25) is 9.78 Å². The molecule has 0 atom stereocenters. The van der Waals surface area contributed by atoms with Crippen LogP contribution in [0.3, 0.4) is 0 Å². The van der Waals surface area contributed by atoms with Gasteiger partial charge in [0.25, 0.3) is 5.91 Å². The normalized spacial score (nSPS) is 11.3. The monoisotopic (exact) mass is 446 g/mol. The van der Waals surface area contributed by atoms with Crippen molar-refractivity contribution >= 4 is 22.5 Å². The molecule has 0 unspecified atom stereocenters. The number of carbonyl (C=O) groups excluding carboxylic acids is 1. The molecule has 170 valence electrons. The number of likely N-dealkylation sites (N-methyl/N-ethyl adjacent to an activating group) is 1. The first kappa shape index (κ1) is 22.4. The molecule has 0 spiro atoms. The minimum absolute atomic E-state index is 0.0875. The van der Waals surface area contributed by atoms with E-state index in [2.05, 4.69) is 39.0 Å². The van der Waals surface area contributed by atoms with Gasteiger partial charge in [0, 0.05) is 29.6 Å². The molecular formula is C25H27FN6O. The van der Waals surface area contributed by atoms with E-state index in [1.165, 1.54) is 12.3 Å². The zero-order valence-electron chi connectivity index (χ0n) is 18.7. The van der Waals surface area contributed by atoms with E-state index < -0.39 is 11.7 Å². The third-order valence-electron chi connectivity index (χ3n) is 5.75. The second kappa shape index (κ2) is 9.79. The predicted molar refractivity (Wildman–Crippen MR) is 129 cm³/mol. The van der Waals surface area contributed by atoms with Crippen LogP contribution in [0.5, 0.6) is 0 Å². The molecule has 2 aromatic heterocycles. The number of benzene rings is 2. The molecule has 0 bridgehead atoms. The van der Waals surface area contributed by atoms with Crippen molar-refractivity contribution in [3.63, 3.8) is 0 Å². The molecule has 4 aromatic rings. The van der Waals surface area contributed by atoms with Crippen molar-refractivity contribution in [2.45, 2.75) is 13.8 Å². The molecule has 0 saturated heterocycles. The Bertz CT molecular complexity index is 1250. The van der Waals surface area contributed by atoms with Crippen LogP contribution < -0.4 is 11.1 Å². The second-order valence-electron chi connectivity index (χ2n) is 7.73. The SMILES string of the molecule is CCN(CC)CCNC(=O)c1ccc(-c2cncc(-c3cc4ccccc4[nH]3)n2)c(N)c1F. The maximum atomic E-state index is 15.0. The van der Waals surface area contributed by atoms with E-state index in [1.54, 1.807) is 12.3 Å². The number of nitrogen functional groups attached to an aromatic ring is 1. The van der Waals surface area contributed by atoms with Gasteiger partial charge in [-0.25, -0.2) is 9.37 Å². The maximum absolute atomic E-state index is 15.0. The molecule has 0 radical (unpaired) electrons. The first-order chi connectivity index (χ1) is 16.0. The Balaban J connectivity index is 1.57. The van der Waals surface area contributed by atoms with E-state index >= 15 is 4.39 Å². The number of H-pyrrole nitrogens is 1. The molecule has 4 N–H and O–H groups in total. The number of amides is 1. The number of anilines is 1. The van der Waals surface area contributed by atoms with Crippen molar-refractivity contribution in [1.82, 2.24) is 25.2 Å². The zero-order valence-corrected chi connectivity index (χ0v) is 18.7. The number of halogens is 1. The van der Waals surface area contributed by atoms with Crippen LogP contribution in [0.25, 0.3) is 33.5 Å². The van der Waals surface area contributed by atoms with Gasteiger partial charge in [0.1, 0.15) is 5.69 Å². The fraction of sp³-hybridized carbons (Fsp3) is 0.240. The molecule has 7 nitrogen and oxygen atoms in total. The minimum atomic E-state index is -0.759. The van der Waals surface area contributed by atoms with Crippen molar-refractivity contribution in [1.29, 1.82) is 0 Å². The third kappa shape index (κ3) is 4.70. The predicted octanol–water partition coefficient (Wildman–Crippen LogP) is 4.08. The van der Waals surface area contributed by atoms with Crippen LogP contribution in [-0.4, -0.2) is 51.9 Å². The Morgan fingerprint density at radius 3 is 2.64 bits per heavy atom. The van der Waals surface area contributed by atoms with Crippen LogP contribution in [0, 0.1) is 5.82 Å². The summed E-state index contributed by atoms with van der Waals surface area (Å²) < 4.78 is 15.0. The van der Waals surface area contributed by atoms with E-state index in [0.717, 1.165) is 29.7 Å². The lowest BCUT2D eigenvalue weighted by atomic mass is 10.0. The average Bonchev–Trinajstić information content (AvgIpc) is 3.28. The third-order valence-corrected chi connectivity index (χ3v) is 5.75. The molecule has 0 saturated carbocycles. The van der Waals surface area contributed by atoms with E-state index in [9.17, 15) is 4.79 Å². The number of hydrogen-bond acceptors (Lipinski definition) is 5. The van der Waals surface area contributed by atoms with Gasteiger partial charge in [-0.1, -0.05) is 32.0 Å². The molecule has 0 aliphatic rings. The molecular weight excluding hydrogens is 419 g/mol. The number of rotatable bonds is 8. The smallest absolute Gasteiger partial charge is 0.254 e. The molecule has 0 aliphatic carbocycles. The summed E-state index contributed by atoms with van der Waals surface area (Å²) >= 11 is 0. The van der Waals surface area contributed by atoms with Crippen molar-refractivity contribution in [2.24, 2.45) is 0 Å². The van der Waals surface area contributed by atoms with Crippen molar-refractivity contribution in [2.75, 3.05) is 31.9 Å². The van der Waals surface area contributed by atoms with Gasteiger partial charge in [-0.2, -0.15) is 0 Å². The fourth-order valence-electron chi connectivity index (χ4n) is 3.79. The number of fused-ring (bicyclic) bond motifs is 1. The zero-order chi connectivity index (χ0) is 23.4. The molecule has 0 fully saturated rings. The standard InChI is InChI=1S/C25H27FN6O/c1-3-32(4-2)12-11-29-25(33)18-10-9-17(24(27)23(18)26)21-14-28-15-22(31-21)20-13-16-7-5-6-8-19(16)30-20/h5-10,13-15,30H,3-4,11-12,27H2,1-2H3,(H,29,33). The highest BCUT2D eigenvalue weighted by Crippen LogP contribution is 2.30. The molecule has 2 heterocycles. The average molecular weight is 447 g/mol. The van der Waals surface area contributed by atoms with E-state index in [-0.39, 0.29) is 11.3 Å². The number of para-hydroxylation sites is 1. The van der Waals surface area contributed by atoms with Gasteiger partial charge in [-0.15, -0.1) is 0 Å². The summed E-state index contributed by atoms with van der Waals surface area (Å²) in [5.74, 6) is -1.25. The van der Waals surface area contributed by atoms with Crippen molar-refractivity contribution < 1.29 is 9.18 Å². The van der Waals surface area contributed by atoms with Gasteiger partial charge < -0.3 is 20.9 Å². The van der Waals surface area contributed by atoms with Crippen molar-refractivity contribution in [3.8, 4) is 22.6 Å². The first-order valence-corrected chi connectivity index (χ1v) is 11.0. The molecule has 2 aromatic carbocycles. The minimum Gasteiger partial charge on any atom is -0.396 e. The summed E-state index contributed by atoms with van der Waals surface area (Å²) in [7, 11) is 0. The fourth-order valence-corrected chi connectivity index (χ4v) is 3.79. The largest absolute Gasteiger partial charge is 0.396 e. The number of carbonyl (C=O) groups is 1. The lowest BCUT2D eigenvalue weighted by molar-refractivity contribution is 0.0945. The number of aromatic nitrogens is 3. The maximum Gasteiger partial charge on any atom is 0.254 e. The summed E-state index contributed by atoms with van der Waals surface area (Å²) in [6.07, 6.45) is 3.17. The van der Waals surface area contributed by atoms with Gasteiger partial charge in [0.2, 0.25) is 0 Å². The van der Waals surface area contributed by atoms with Crippen LogP contribution in [0.15, 0.2) is 54.9 Å². The van der Waals surface area contributed by atoms with E-state index in [0.29, 0.717) is 30.0 Å². The van der Waals surface area contributed by atoms with Gasteiger partial charge in [0.05, 0.1) is 35.0 Å². The number of nitrogens with two attached hydrogens (primary N) is 1. The second-order valence-corrected chi connectivity index (χ2v) is 7.73. The Kier molecular flexibility index (Phi) is 6.65. The summed E-state index contributed by atoms with van der Waals surface area (Å²) in [6, 6.07) is 12.9. The van der Waals surface area contributed by atoms with Gasteiger partial charge in [-0.05, 0) is 37.4 Å². The summed E-state index contributed by atoms with van der Waals surface area (Å²) in [6.45, 7) is 7.02. The first-order valence-electron chi connectivity index (χ1n) is 11.0. The Labute approximate surface area is 191 Å². The van der Waals surface area contributed by atoms with Crippen LogP contribution in [-0.2, 0) is 0 Å². The number of aromatic amines is 1. The molecule has 8 heteroatoms. The number of nitrogens with zero attached hydrogens (tertiary/aromatic N) is 3. The van der Waals surface area contributed by atoms with Gasteiger partial charge >= 0.3 is 0 Å². The van der Waals surface area contributed by atoms with E-state index in [4.69, 9.17) is 5.73 Å². The Morgan fingerprint density at radius 1 is 1.12 bits per heavy atom. The Morgan fingerprint density at radius 2 is 1.88 bits per heavy atom. The van der Waals surface area contributed by atoms with Crippen LogP contribution >= 0.6 is 0 Å². The van der Waals surface area contributed by atoms with Crippen molar-refractivity contribution in [3.05, 3.63) is 66.2 Å². The lowest BCUT2D eigenvalue weighted by Gasteiger charge is -2.18. The highest BCUT2D eigenvalue weighted by molar-refractivity contribution is 5.97. The summed E-state index contributed by atoms with van der Waals surface area (Å²) in [5, 5.41) is 3.82. The van der Waals surface area contributed by atoms with Crippen LogP contribution in [0.2, 0.25) is 0 Å².